The summed E-state index contributed by atoms with van der Waals surface area (Å²) in [7, 11) is 0. The van der Waals surface area contributed by atoms with Crippen molar-refractivity contribution in [2.24, 2.45) is 0 Å². The van der Waals surface area contributed by atoms with Gasteiger partial charge in [0.2, 0.25) is 0 Å². The van der Waals surface area contributed by atoms with Gasteiger partial charge in [-0.3, -0.25) is 14.9 Å². The van der Waals surface area contributed by atoms with Crippen LogP contribution in [0.25, 0.3) is 6.08 Å². The fourth-order valence-corrected chi connectivity index (χ4v) is 3.23. The van der Waals surface area contributed by atoms with Crippen LogP contribution in [0.3, 0.4) is 0 Å². The van der Waals surface area contributed by atoms with Crippen LogP contribution in [0.1, 0.15) is 18.1 Å². The number of benzene rings is 2. The smallest absolute Gasteiger partial charge is 0.416 e. The number of ether oxygens (including phenoxy) is 1. The van der Waals surface area contributed by atoms with Crippen molar-refractivity contribution in [3.05, 3.63) is 63.1 Å². The van der Waals surface area contributed by atoms with Crippen LogP contribution in [0.5, 0.6) is 5.75 Å². The second-order valence-electron chi connectivity index (χ2n) is 6.24. The minimum Gasteiger partial charge on any atom is -0.492 e. The van der Waals surface area contributed by atoms with Crippen LogP contribution < -0.4 is 15.0 Å². The van der Waals surface area contributed by atoms with E-state index in [0.29, 0.717) is 35.0 Å². The molecule has 0 radical (unpaired) electrons. The highest BCUT2D eigenvalue weighted by Crippen LogP contribution is 2.36. The summed E-state index contributed by atoms with van der Waals surface area (Å²) >= 11 is 12.0. The maximum atomic E-state index is 13.1. The molecular formula is C20H13Cl2F3N2O4. The molecule has 1 aliphatic rings. The van der Waals surface area contributed by atoms with Crippen molar-refractivity contribution in [3.8, 4) is 5.75 Å². The number of amides is 4. The molecule has 0 spiro atoms. The summed E-state index contributed by atoms with van der Waals surface area (Å²) in [4.78, 5) is 37.8. The summed E-state index contributed by atoms with van der Waals surface area (Å²) in [6.45, 7) is 2.14. The topological polar surface area (TPSA) is 75.7 Å². The van der Waals surface area contributed by atoms with Gasteiger partial charge in [-0.1, -0.05) is 29.3 Å². The number of carbonyl (C=O) groups excluding carboxylic acids is 3. The van der Waals surface area contributed by atoms with E-state index in [1.807, 2.05) is 5.32 Å². The van der Waals surface area contributed by atoms with E-state index in [9.17, 15) is 27.6 Å². The molecule has 1 aliphatic heterocycles. The van der Waals surface area contributed by atoms with E-state index in [1.54, 1.807) is 6.92 Å². The molecule has 11 heteroatoms. The quantitative estimate of drug-likeness (QED) is 0.497. The van der Waals surface area contributed by atoms with Crippen molar-refractivity contribution in [3.63, 3.8) is 0 Å². The SMILES string of the molecule is CCOc1ccc(/C=C2/C(=O)NC(=O)N(c3cc(C(F)(F)F)ccc3Cl)C2=O)cc1Cl. The van der Waals surface area contributed by atoms with Gasteiger partial charge in [0.25, 0.3) is 11.8 Å². The molecule has 0 aliphatic carbocycles. The molecule has 162 valence electrons. The molecule has 0 atom stereocenters. The predicted octanol–water partition coefficient (Wildman–Crippen LogP) is 5.08. The first kappa shape index (κ1) is 22.6. The molecule has 2 aromatic rings. The third-order valence-electron chi connectivity index (χ3n) is 4.18. The van der Waals surface area contributed by atoms with Crippen molar-refractivity contribution in [1.29, 1.82) is 0 Å². The van der Waals surface area contributed by atoms with Crippen molar-refractivity contribution in [2.75, 3.05) is 11.5 Å². The molecule has 1 fully saturated rings. The van der Waals surface area contributed by atoms with E-state index in [0.717, 1.165) is 12.1 Å². The summed E-state index contributed by atoms with van der Waals surface area (Å²) in [6, 6.07) is 5.42. The van der Waals surface area contributed by atoms with Crippen LogP contribution >= 0.6 is 23.2 Å². The molecule has 0 saturated carbocycles. The zero-order chi connectivity index (χ0) is 22.9. The molecule has 0 aromatic heterocycles. The second-order valence-corrected chi connectivity index (χ2v) is 7.06. The third kappa shape index (κ3) is 4.67. The summed E-state index contributed by atoms with van der Waals surface area (Å²) in [5.41, 5.74) is -1.79. The van der Waals surface area contributed by atoms with E-state index in [2.05, 4.69) is 0 Å². The number of nitrogens with zero attached hydrogens (tertiary/aromatic N) is 1. The summed E-state index contributed by atoms with van der Waals surface area (Å²) in [5, 5.41) is 1.86. The Bertz CT molecular complexity index is 1120. The summed E-state index contributed by atoms with van der Waals surface area (Å²) < 4.78 is 44.5. The van der Waals surface area contributed by atoms with E-state index < -0.39 is 40.8 Å². The lowest BCUT2D eigenvalue weighted by atomic mass is 10.1. The number of hydrogen-bond acceptors (Lipinski definition) is 4. The number of nitrogens with one attached hydrogen (secondary N) is 1. The number of halogens is 5. The van der Waals surface area contributed by atoms with Gasteiger partial charge in [0.1, 0.15) is 11.3 Å². The van der Waals surface area contributed by atoms with Crippen molar-refractivity contribution in [2.45, 2.75) is 13.1 Å². The number of carbonyl (C=O) groups is 3. The largest absolute Gasteiger partial charge is 0.492 e. The minimum atomic E-state index is -4.73. The Morgan fingerprint density at radius 1 is 1.06 bits per heavy atom. The number of imide groups is 2. The highest BCUT2D eigenvalue weighted by atomic mass is 35.5. The molecule has 6 nitrogen and oxygen atoms in total. The van der Waals surface area contributed by atoms with E-state index in [1.165, 1.54) is 18.2 Å². The Labute approximate surface area is 184 Å². The molecule has 1 saturated heterocycles. The van der Waals surface area contributed by atoms with Gasteiger partial charge in [-0.15, -0.1) is 0 Å². The van der Waals surface area contributed by atoms with Crippen LogP contribution in [-0.4, -0.2) is 24.5 Å². The lowest BCUT2D eigenvalue weighted by Crippen LogP contribution is -2.54. The lowest BCUT2D eigenvalue weighted by Gasteiger charge is -2.27. The Morgan fingerprint density at radius 3 is 2.39 bits per heavy atom. The number of hydrogen-bond donors (Lipinski definition) is 1. The zero-order valence-corrected chi connectivity index (χ0v) is 17.2. The molecule has 0 unspecified atom stereocenters. The zero-order valence-electron chi connectivity index (χ0n) is 15.7. The monoisotopic (exact) mass is 472 g/mol. The number of alkyl halides is 3. The number of rotatable bonds is 4. The van der Waals surface area contributed by atoms with Gasteiger partial charge in [-0.05, 0) is 48.9 Å². The lowest BCUT2D eigenvalue weighted by molar-refractivity contribution is -0.137. The van der Waals surface area contributed by atoms with Gasteiger partial charge >= 0.3 is 12.2 Å². The molecule has 2 aromatic carbocycles. The van der Waals surface area contributed by atoms with Crippen LogP contribution in [-0.2, 0) is 15.8 Å². The van der Waals surface area contributed by atoms with Crippen LogP contribution in [0.2, 0.25) is 10.0 Å². The van der Waals surface area contributed by atoms with E-state index in [4.69, 9.17) is 27.9 Å². The fraction of sp³-hybridized carbons (Fsp3) is 0.150. The van der Waals surface area contributed by atoms with Gasteiger partial charge in [-0.2, -0.15) is 13.2 Å². The van der Waals surface area contributed by atoms with Gasteiger partial charge in [0.15, 0.2) is 0 Å². The van der Waals surface area contributed by atoms with Crippen molar-refractivity contribution in [1.82, 2.24) is 5.32 Å². The van der Waals surface area contributed by atoms with Crippen molar-refractivity contribution < 1.29 is 32.3 Å². The van der Waals surface area contributed by atoms with Crippen molar-refractivity contribution >= 4 is 52.8 Å². The first-order valence-corrected chi connectivity index (χ1v) is 9.49. The molecule has 1 N–H and O–H groups in total. The Hall–Kier alpha value is -3.04. The average molecular weight is 473 g/mol. The molecule has 4 amide bonds. The fourth-order valence-electron chi connectivity index (χ4n) is 2.78. The van der Waals surface area contributed by atoms with Crippen LogP contribution in [0, 0.1) is 0 Å². The van der Waals surface area contributed by atoms with Gasteiger partial charge in [-0.25, -0.2) is 9.69 Å². The number of anilines is 1. The maximum absolute atomic E-state index is 13.1. The third-order valence-corrected chi connectivity index (χ3v) is 4.80. The predicted molar refractivity (Wildman–Crippen MR) is 108 cm³/mol. The molecule has 31 heavy (non-hydrogen) atoms. The first-order valence-electron chi connectivity index (χ1n) is 8.73. The van der Waals surface area contributed by atoms with Gasteiger partial charge in [0.05, 0.1) is 27.9 Å². The normalized spacial score (nSPS) is 16.0. The first-order chi connectivity index (χ1) is 14.5. The number of urea groups is 1. The van der Waals surface area contributed by atoms with Crippen LogP contribution in [0.15, 0.2) is 42.0 Å². The average Bonchev–Trinajstić information content (AvgIpc) is 2.67. The van der Waals surface area contributed by atoms with E-state index in [-0.39, 0.29) is 10.0 Å². The van der Waals surface area contributed by atoms with Gasteiger partial charge in [0, 0.05) is 0 Å². The summed E-state index contributed by atoms with van der Waals surface area (Å²) in [6.07, 6.45) is -3.58. The Morgan fingerprint density at radius 2 is 1.77 bits per heavy atom. The highest BCUT2D eigenvalue weighted by Gasteiger charge is 2.39. The molecule has 0 bridgehead atoms. The molecular weight excluding hydrogens is 460 g/mol. The maximum Gasteiger partial charge on any atom is 0.416 e. The molecule has 1 heterocycles. The standard InChI is InChI=1S/C20H13Cl2F3N2O4/c1-2-31-16-6-3-10(8-14(16)22)7-12-17(28)26-19(30)27(18(12)29)15-9-11(20(23,24)25)4-5-13(15)21/h3-9H,2H2,1H3,(H,26,28,30)/b12-7-. The van der Waals surface area contributed by atoms with Crippen LogP contribution in [0.4, 0.5) is 23.7 Å². The minimum absolute atomic E-state index is 0.216. The Balaban J connectivity index is 2.04. The summed E-state index contributed by atoms with van der Waals surface area (Å²) in [5.74, 6) is -1.77. The van der Waals surface area contributed by atoms with E-state index >= 15 is 0 Å². The number of barbiturate groups is 1. The van der Waals surface area contributed by atoms with Gasteiger partial charge < -0.3 is 4.74 Å². The molecule has 3 rings (SSSR count). The highest BCUT2D eigenvalue weighted by molar-refractivity contribution is 6.42. The second kappa shape index (κ2) is 8.60. The Kier molecular flexibility index (Phi) is 6.28.